The number of carbonyl (C=O) groups excluding carboxylic acids is 4. The second kappa shape index (κ2) is 16.8. The molecule has 236 valence electrons. The highest BCUT2D eigenvalue weighted by Crippen LogP contribution is 2.19. The molecule has 4 aromatic carbocycles. The Hall–Kier alpha value is -5.97. The Morgan fingerprint density at radius 1 is 0.609 bits per heavy atom. The van der Waals surface area contributed by atoms with Gasteiger partial charge in [-0.2, -0.15) is 0 Å². The van der Waals surface area contributed by atoms with Crippen molar-refractivity contribution in [3.05, 3.63) is 137 Å². The maximum atomic E-state index is 13.3. The molecule has 4 aromatic rings. The van der Waals surface area contributed by atoms with E-state index in [1.54, 1.807) is 72.8 Å². The number of ether oxygens (including phenoxy) is 3. The van der Waals surface area contributed by atoms with Crippen LogP contribution < -0.4 is 10.6 Å². The first-order valence-corrected chi connectivity index (χ1v) is 14.3. The minimum absolute atomic E-state index is 0.0191. The van der Waals surface area contributed by atoms with Gasteiger partial charge in [-0.3, -0.25) is 9.59 Å². The molecule has 0 radical (unpaired) electrons. The largest absolute Gasteiger partial charge is 0.481 e. The first kappa shape index (κ1) is 32.9. The minimum Gasteiger partial charge on any atom is -0.481 e. The summed E-state index contributed by atoms with van der Waals surface area (Å²) in [5, 5.41) is 14.2. The molecule has 46 heavy (non-hydrogen) atoms. The number of esters is 2. The lowest BCUT2D eigenvalue weighted by Crippen LogP contribution is -2.44. The Morgan fingerprint density at radius 2 is 1.04 bits per heavy atom. The molecule has 3 N–H and O–H groups in total. The molecule has 0 saturated carbocycles. The Labute approximate surface area is 265 Å². The smallest absolute Gasteiger partial charge is 0.408 e. The molecule has 4 rings (SSSR count). The highest BCUT2D eigenvalue weighted by Gasteiger charge is 2.24. The standard InChI is InChI=1S/C35H32N2O9/c38-31(39)17-16-30(37-35(43)46-23-26-14-8-3-9-15-26)32(40)36-29-19-27(33(41)44-21-24-10-4-1-5-11-24)18-28(20-29)34(42)45-22-25-12-6-2-7-13-25/h1-15,18-20,30H,16-17,21-23H2,(H,36,40)(H,37,43)(H,38,39). The quantitative estimate of drug-likeness (QED) is 0.122. The molecule has 0 saturated heterocycles. The fraction of sp³-hybridized carbons (Fsp3) is 0.171. The van der Waals surface area contributed by atoms with Gasteiger partial charge in [0, 0.05) is 12.1 Å². The molecule has 0 fully saturated rings. The lowest BCUT2D eigenvalue weighted by atomic mass is 10.1. The molecule has 1 unspecified atom stereocenters. The van der Waals surface area contributed by atoms with E-state index in [1.165, 1.54) is 18.2 Å². The van der Waals surface area contributed by atoms with Crippen molar-refractivity contribution >= 4 is 35.6 Å². The van der Waals surface area contributed by atoms with E-state index in [-0.39, 0.29) is 43.1 Å². The Balaban J connectivity index is 1.51. The summed E-state index contributed by atoms with van der Waals surface area (Å²) in [6, 6.07) is 29.4. The van der Waals surface area contributed by atoms with Crippen LogP contribution in [0.2, 0.25) is 0 Å². The van der Waals surface area contributed by atoms with Crippen LogP contribution in [0.1, 0.15) is 50.2 Å². The number of rotatable bonds is 14. The third-order valence-electron chi connectivity index (χ3n) is 6.57. The summed E-state index contributed by atoms with van der Waals surface area (Å²) >= 11 is 0. The van der Waals surface area contributed by atoms with Gasteiger partial charge < -0.3 is 30.0 Å². The molecule has 1 atom stereocenters. The van der Waals surface area contributed by atoms with Gasteiger partial charge in [0.1, 0.15) is 25.9 Å². The van der Waals surface area contributed by atoms with Crippen molar-refractivity contribution < 1.29 is 43.3 Å². The first-order chi connectivity index (χ1) is 22.3. The van der Waals surface area contributed by atoms with Gasteiger partial charge in [0.15, 0.2) is 0 Å². The van der Waals surface area contributed by atoms with Gasteiger partial charge in [-0.15, -0.1) is 0 Å². The molecule has 0 aliphatic rings. The van der Waals surface area contributed by atoms with Crippen LogP contribution in [-0.4, -0.2) is 41.1 Å². The van der Waals surface area contributed by atoms with Crippen molar-refractivity contribution in [2.45, 2.75) is 38.7 Å². The Bertz CT molecular complexity index is 1570. The fourth-order valence-electron chi connectivity index (χ4n) is 4.22. The number of nitrogens with one attached hydrogen (secondary N) is 2. The highest BCUT2D eigenvalue weighted by molar-refractivity contribution is 6.01. The van der Waals surface area contributed by atoms with Crippen molar-refractivity contribution in [2.75, 3.05) is 5.32 Å². The number of carboxylic acids is 1. The Morgan fingerprint density at radius 3 is 1.48 bits per heavy atom. The molecule has 0 aromatic heterocycles. The van der Waals surface area contributed by atoms with Crippen LogP contribution in [0.25, 0.3) is 0 Å². The summed E-state index contributed by atoms with van der Waals surface area (Å²) in [6.45, 7) is -0.131. The van der Waals surface area contributed by atoms with E-state index in [9.17, 15) is 29.1 Å². The maximum absolute atomic E-state index is 13.3. The van der Waals surface area contributed by atoms with E-state index in [0.717, 1.165) is 11.1 Å². The number of carboxylic acid groups (broad SMARTS) is 1. The average molecular weight is 625 g/mol. The van der Waals surface area contributed by atoms with E-state index < -0.39 is 42.4 Å². The maximum Gasteiger partial charge on any atom is 0.408 e. The number of hydrogen-bond acceptors (Lipinski definition) is 8. The van der Waals surface area contributed by atoms with Gasteiger partial charge >= 0.3 is 24.0 Å². The number of alkyl carbamates (subject to hydrolysis) is 1. The summed E-state index contributed by atoms with van der Waals surface area (Å²) in [7, 11) is 0. The third kappa shape index (κ3) is 10.6. The van der Waals surface area contributed by atoms with Crippen LogP contribution in [0, 0.1) is 0 Å². The van der Waals surface area contributed by atoms with E-state index in [4.69, 9.17) is 14.2 Å². The van der Waals surface area contributed by atoms with Gasteiger partial charge in [-0.05, 0) is 41.3 Å². The zero-order chi connectivity index (χ0) is 32.7. The molecule has 11 nitrogen and oxygen atoms in total. The molecule has 0 spiro atoms. The number of amides is 2. The monoisotopic (exact) mass is 624 g/mol. The average Bonchev–Trinajstić information content (AvgIpc) is 3.08. The van der Waals surface area contributed by atoms with E-state index in [0.29, 0.717) is 5.56 Å². The van der Waals surface area contributed by atoms with Crippen molar-refractivity contribution in [1.29, 1.82) is 0 Å². The van der Waals surface area contributed by atoms with Crippen LogP contribution >= 0.6 is 0 Å². The van der Waals surface area contributed by atoms with Crippen LogP contribution in [0.3, 0.4) is 0 Å². The van der Waals surface area contributed by atoms with Gasteiger partial charge in [0.2, 0.25) is 5.91 Å². The second-order valence-corrected chi connectivity index (χ2v) is 10.1. The molecule has 2 amide bonds. The zero-order valence-corrected chi connectivity index (χ0v) is 24.7. The van der Waals surface area contributed by atoms with E-state index in [2.05, 4.69) is 10.6 Å². The third-order valence-corrected chi connectivity index (χ3v) is 6.57. The molecule has 0 heterocycles. The number of benzene rings is 4. The molecule has 0 aliphatic carbocycles. The predicted molar refractivity (Wildman–Crippen MR) is 167 cm³/mol. The van der Waals surface area contributed by atoms with Crippen LogP contribution in [0.15, 0.2) is 109 Å². The topological polar surface area (TPSA) is 157 Å². The first-order valence-electron chi connectivity index (χ1n) is 14.3. The number of carbonyl (C=O) groups is 5. The van der Waals surface area contributed by atoms with Crippen molar-refractivity contribution in [3.8, 4) is 0 Å². The molecular weight excluding hydrogens is 592 g/mol. The van der Waals surface area contributed by atoms with Crippen molar-refractivity contribution in [2.24, 2.45) is 0 Å². The van der Waals surface area contributed by atoms with Crippen LogP contribution in [0.5, 0.6) is 0 Å². The van der Waals surface area contributed by atoms with Gasteiger partial charge in [-0.25, -0.2) is 14.4 Å². The molecule has 0 bridgehead atoms. The zero-order valence-electron chi connectivity index (χ0n) is 24.7. The normalized spacial score (nSPS) is 11.0. The molecule has 0 aliphatic heterocycles. The van der Waals surface area contributed by atoms with Crippen molar-refractivity contribution in [3.63, 3.8) is 0 Å². The molecular formula is C35H32N2O9. The van der Waals surface area contributed by atoms with Gasteiger partial charge in [0.05, 0.1) is 11.1 Å². The van der Waals surface area contributed by atoms with Crippen molar-refractivity contribution in [1.82, 2.24) is 5.32 Å². The van der Waals surface area contributed by atoms with E-state index in [1.807, 2.05) is 18.2 Å². The number of anilines is 1. The van der Waals surface area contributed by atoms with Crippen LogP contribution in [0.4, 0.5) is 10.5 Å². The highest BCUT2D eigenvalue weighted by atomic mass is 16.5. The summed E-state index contributed by atoms with van der Waals surface area (Å²) < 4.78 is 16.0. The second-order valence-electron chi connectivity index (χ2n) is 10.1. The Kier molecular flexibility index (Phi) is 12.0. The summed E-state index contributed by atoms with van der Waals surface area (Å²) in [6.07, 6.45) is -1.62. The number of aliphatic carboxylic acids is 1. The summed E-state index contributed by atoms with van der Waals surface area (Å²) in [4.78, 5) is 63.2. The minimum atomic E-state index is -1.32. The van der Waals surface area contributed by atoms with Gasteiger partial charge in [-0.1, -0.05) is 91.0 Å². The van der Waals surface area contributed by atoms with Crippen LogP contribution in [-0.2, 0) is 43.6 Å². The lowest BCUT2D eigenvalue weighted by molar-refractivity contribution is -0.137. The summed E-state index contributed by atoms with van der Waals surface area (Å²) in [5.41, 5.74) is 2.14. The summed E-state index contributed by atoms with van der Waals surface area (Å²) in [5.74, 6) is -3.50. The lowest BCUT2D eigenvalue weighted by Gasteiger charge is -2.18. The fourth-order valence-corrected chi connectivity index (χ4v) is 4.22. The van der Waals surface area contributed by atoms with Gasteiger partial charge in [0.25, 0.3) is 0 Å². The van der Waals surface area contributed by atoms with E-state index >= 15 is 0 Å². The number of hydrogen-bond donors (Lipinski definition) is 3. The molecule has 11 heteroatoms. The SMILES string of the molecule is O=C(O)CCC(NC(=O)OCc1ccccc1)C(=O)Nc1cc(C(=O)OCc2ccccc2)cc(C(=O)OCc2ccccc2)c1. The predicted octanol–water partition coefficient (Wildman–Crippen LogP) is 5.50.